The Kier molecular flexibility index (Phi) is 4.27. The highest BCUT2D eigenvalue weighted by Crippen LogP contribution is 1.99. The third kappa shape index (κ3) is 3.03. The molecule has 64 valence electrons. The van der Waals surface area contributed by atoms with E-state index in [1.165, 1.54) is 0 Å². The minimum Gasteiger partial charge on any atom is -0.356 e. The average Bonchev–Trinajstić information content (AvgIpc) is 2.40. The first-order valence-electron chi connectivity index (χ1n) is 3.86. The molecule has 0 fully saturated rings. The molecule has 2 nitrogen and oxygen atoms in total. The summed E-state index contributed by atoms with van der Waals surface area (Å²) >= 11 is 0. The van der Waals surface area contributed by atoms with Crippen LogP contribution in [0.4, 0.5) is 0 Å². The van der Waals surface area contributed by atoms with Crippen LogP contribution in [-0.4, -0.2) is 10.8 Å². The lowest BCUT2D eigenvalue weighted by atomic mass is 10.3. The molecule has 0 aliphatic carbocycles. The topological polar surface area (TPSA) is 32.9 Å². The maximum Gasteiger partial charge on any atom is 0.175 e. The van der Waals surface area contributed by atoms with Crippen LogP contribution in [0.2, 0.25) is 0 Å². The summed E-state index contributed by atoms with van der Waals surface area (Å²) in [6.45, 7) is 7.47. The number of carbonyl (C=O) groups excluding carboxylic acids is 1. The van der Waals surface area contributed by atoms with Crippen LogP contribution in [0.25, 0.3) is 0 Å². The molecule has 1 N–H and O–H groups in total. The van der Waals surface area contributed by atoms with Crippen molar-refractivity contribution in [2.75, 3.05) is 0 Å². The fourth-order valence-corrected chi connectivity index (χ4v) is 0.709. The van der Waals surface area contributed by atoms with Crippen LogP contribution in [0.5, 0.6) is 0 Å². The number of aromatic nitrogens is 1. The highest BCUT2D eigenvalue weighted by atomic mass is 16.1. The van der Waals surface area contributed by atoms with Crippen molar-refractivity contribution in [3.8, 4) is 0 Å². The Bertz CT molecular complexity index is 230. The van der Waals surface area contributed by atoms with Gasteiger partial charge in [-0.15, -0.1) is 0 Å². The zero-order chi connectivity index (χ0) is 8.85. The second-order valence-electron chi connectivity index (χ2n) is 2.11. The molecule has 0 aliphatic rings. The maximum absolute atomic E-state index is 10.6. The molecule has 0 unspecified atom stereocenters. The molecule has 0 saturated heterocycles. The third-order valence-corrected chi connectivity index (χ3v) is 1.21. The number of ketones is 1. The Morgan fingerprint density at radius 3 is 2.18 bits per heavy atom. The summed E-state index contributed by atoms with van der Waals surface area (Å²) in [6, 6.07) is 3.68. The number of hydrogen-bond donors (Lipinski definition) is 1. The molecule has 0 saturated carbocycles. The first kappa shape index (κ1) is 9.95. The van der Waals surface area contributed by atoms with E-state index in [2.05, 4.69) is 4.98 Å². The van der Waals surface area contributed by atoms with Crippen LogP contribution in [-0.2, 0) is 0 Å². The third-order valence-electron chi connectivity index (χ3n) is 1.21. The van der Waals surface area contributed by atoms with E-state index in [1.54, 1.807) is 13.0 Å². The molecule has 0 aromatic carbocycles. The van der Waals surface area contributed by atoms with Gasteiger partial charge in [0.05, 0.1) is 5.69 Å². The summed E-state index contributed by atoms with van der Waals surface area (Å²) in [7, 11) is 0. The van der Waals surface area contributed by atoms with Crippen molar-refractivity contribution < 1.29 is 6.22 Å². The normalized spacial score (nSPS) is 8.36. The number of rotatable bonds is 1. The van der Waals surface area contributed by atoms with Gasteiger partial charge in [-0.2, -0.15) is 0 Å². The quantitative estimate of drug-likeness (QED) is 0.621. The van der Waals surface area contributed by atoms with Crippen molar-refractivity contribution in [1.82, 2.24) is 4.98 Å². The first-order valence-corrected chi connectivity index (χ1v) is 3.86. The van der Waals surface area contributed by atoms with E-state index in [-0.39, 0.29) is 7.21 Å². The van der Waals surface area contributed by atoms with E-state index in [9.17, 15) is 4.79 Å². The maximum atomic E-state index is 10.6. The molecule has 0 aliphatic heterocycles. The standard InChI is InChI=1S/C7H9NO.C2H6.H2/c1-5-3-4-7(8-5)6(2)9;1-2;/h3-4,8H,1-2H3;1-2H3;1H. The van der Waals surface area contributed by atoms with E-state index in [4.69, 9.17) is 0 Å². The molecule has 1 heterocycles. The predicted octanol–water partition coefficient (Wildman–Crippen LogP) is 2.80. The van der Waals surface area contributed by atoms with Crippen LogP contribution in [0, 0.1) is 6.92 Å². The van der Waals surface area contributed by atoms with Gasteiger partial charge in [0.15, 0.2) is 5.78 Å². The summed E-state index contributed by atoms with van der Waals surface area (Å²) < 4.78 is 0. The van der Waals surface area contributed by atoms with Gasteiger partial charge in [-0.3, -0.25) is 4.79 Å². The van der Waals surface area contributed by atoms with E-state index < -0.39 is 0 Å². The Balaban J connectivity index is 0. The summed E-state index contributed by atoms with van der Waals surface area (Å²) in [6.07, 6.45) is 0. The van der Waals surface area contributed by atoms with Gasteiger partial charge >= 0.3 is 0 Å². The smallest absolute Gasteiger partial charge is 0.175 e. The molecule has 1 rings (SSSR count). The summed E-state index contributed by atoms with van der Waals surface area (Å²) in [5.41, 5.74) is 1.72. The van der Waals surface area contributed by atoms with E-state index in [0.717, 1.165) is 5.69 Å². The molecule has 1 aromatic rings. The van der Waals surface area contributed by atoms with Gasteiger partial charge < -0.3 is 4.98 Å². The summed E-state index contributed by atoms with van der Waals surface area (Å²) in [4.78, 5) is 13.6. The van der Waals surface area contributed by atoms with Crippen molar-refractivity contribution in [3.05, 3.63) is 23.5 Å². The van der Waals surface area contributed by atoms with Crippen molar-refractivity contribution in [1.29, 1.82) is 0 Å². The van der Waals surface area contributed by atoms with Gasteiger partial charge in [0.2, 0.25) is 0 Å². The fourth-order valence-electron chi connectivity index (χ4n) is 0.709. The van der Waals surface area contributed by atoms with Gasteiger partial charge in [-0.25, -0.2) is 0 Å². The Labute approximate surface area is 69.1 Å². The molecule has 0 amide bonds. The number of nitrogens with one attached hydrogen (secondary N) is 1. The van der Waals surface area contributed by atoms with Gasteiger partial charge in [-0.05, 0) is 19.1 Å². The van der Waals surface area contributed by atoms with Crippen molar-refractivity contribution in [3.63, 3.8) is 0 Å². The van der Waals surface area contributed by atoms with Gasteiger partial charge in [-0.1, -0.05) is 13.8 Å². The van der Waals surface area contributed by atoms with Crippen LogP contribution in [0.1, 0.15) is 38.4 Å². The lowest BCUT2D eigenvalue weighted by Crippen LogP contribution is -1.90. The Hall–Kier alpha value is -1.05. The van der Waals surface area contributed by atoms with Crippen LogP contribution in [0.3, 0.4) is 0 Å². The fraction of sp³-hybridized carbons (Fsp3) is 0.444. The van der Waals surface area contributed by atoms with Crippen LogP contribution in [0.15, 0.2) is 12.1 Å². The van der Waals surface area contributed by atoms with Crippen molar-refractivity contribution in [2.45, 2.75) is 27.7 Å². The molecule has 0 spiro atoms. The molecule has 11 heavy (non-hydrogen) atoms. The highest BCUT2D eigenvalue weighted by molar-refractivity contribution is 5.92. The van der Waals surface area contributed by atoms with Gasteiger partial charge in [0.25, 0.3) is 0 Å². The molecular formula is C9H17NO. The zero-order valence-electron chi connectivity index (χ0n) is 7.56. The Morgan fingerprint density at radius 1 is 1.45 bits per heavy atom. The lowest BCUT2D eigenvalue weighted by Gasteiger charge is -1.84. The number of aromatic amines is 1. The number of Topliss-reactive ketones (excluding diaryl/α,β-unsaturated/α-hetero) is 1. The second kappa shape index (κ2) is 4.72. The first-order chi connectivity index (χ1) is 5.20. The van der Waals surface area contributed by atoms with Crippen LogP contribution < -0.4 is 0 Å². The molecule has 2 heteroatoms. The summed E-state index contributed by atoms with van der Waals surface area (Å²) in [5, 5.41) is 0. The van der Waals surface area contributed by atoms with Crippen LogP contribution >= 0.6 is 0 Å². The minimum absolute atomic E-state index is 0. The van der Waals surface area contributed by atoms with E-state index in [1.807, 2.05) is 26.8 Å². The lowest BCUT2D eigenvalue weighted by molar-refractivity contribution is 0.101. The minimum atomic E-state index is 0. The second-order valence-corrected chi connectivity index (χ2v) is 2.11. The summed E-state index contributed by atoms with van der Waals surface area (Å²) in [5.74, 6) is 0.0862. The van der Waals surface area contributed by atoms with Gasteiger partial charge in [0.1, 0.15) is 0 Å². The Morgan fingerprint density at radius 2 is 2.00 bits per heavy atom. The largest absolute Gasteiger partial charge is 0.356 e. The number of carbonyl (C=O) groups is 1. The average molecular weight is 155 g/mol. The molecule has 0 radical (unpaired) electrons. The van der Waals surface area contributed by atoms with Gasteiger partial charge in [0, 0.05) is 14.0 Å². The SMILES string of the molecule is CC.CC(=O)c1ccc(C)[nH]1.[HH]. The van der Waals surface area contributed by atoms with E-state index in [0.29, 0.717) is 5.69 Å². The number of H-pyrrole nitrogens is 1. The number of hydrogen-bond acceptors (Lipinski definition) is 1. The highest BCUT2D eigenvalue weighted by Gasteiger charge is 1.97. The zero-order valence-corrected chi connectivity index (χ0v) is 7.56. The molecule has 0 atom stereocenters. The number of aryl methyl sites for hydroxylation is 1. The monoisotopic (exact) mass is 155 g/mol. The van der Waals surface area contributed by atoms with Crippen molar-refractivity contribution in [2.24, 2.45) is 0 Å². The predicted molar refractivity (Wildman–Crippen MR) is 49.0 cm³/mol. The van der Waals surface area contributed by atoms with Crippen molar-refractivity contribution >= 4 is 5.78 Å². The molecule has 0 bridgehead atoms. The van der Waals surface area contributed by atoms with E-state index >= 15 is 0 Å². The molecular weight excluding hydrogens is 138 g/mol. The molecule has 1 aromatic heterocycles.